The number of nitrogens with zero attached hydrogens (tertiary/aromatic N) is 2. The van der Waals surface area contributed by atoms with Crippen molar-refractivity contribution in [1.82, 2.24) is 15.4 Å². The summed E-state index contributed by atoms with van der Waals surface area (Å²) in [6.07, 6.45) is 6.55. The molecule has 1 aromatic carbocycles. The summed E-state index contributed by atoms with van der Waals surface area (Å²) in [6.45, 7) is 2.51. The van der Waals surface area contributed by atoms with Gasteiger partial charge in [0.15, 0.2) is 11.5 Å². The van der Waals surface area contributed by atoms with E-state index in [4.69, 9.17) is 8.94 Å². The number of rotatable bonds is 6. The highest BCUT2D eigenvalue weighted by molar-refractivity contribution is 5.93. The highest BCUT2D eigenvalue weighted by atomic mass is 16.5. The Kier molecular flexibility index (Phi) is 5.87. The summed E-state index contributed by atoms with van der Waals surface area (Å²) in [7, 11) is 0. The van der Waals surface area contributed by atoms with Crippen LogP contribution >= 0.6 is 0 Å². The van der Waals surface area contributed by atoms with Gasteiger partial charge >= 0.3 is 0 Å². The first kappa shape index (κ1) is 18.5. The molecule has 1 aliphatic heterocycles. The van der Waals surface area contributed by atoms with Crippen LogP contribution in [0.5, 0.6) is 0 Å². The second-order valence-electron chi connectivity index (χ2n) is 7.13. The summed E-state index contributed by atoms with van der Waals surface area (Å²) < 4.78 is 11.0. The van der Waals surface area contributed by atoms with Gasteiger partial charge in [-0.15, -0.1) is 0 Å². The van der Waals surface area contributed by atoms with Crippen LogP contribution in [0.15, 0.2) is 63.7 Å². The molecule has 1 atom stereocenters. The van der Waals surface area contributed by atoms with Crippen LogP contribution in [-0.2, 0) is 0 Å². The van der Waals surface area contributed by atoms with Gasteiger partial charge in [-0.3, -0.25) is 9.69 Å². The fourth-order valence-electron chi connectivity index (χ4n) is 3.70. The van der Waals surface area contributed by atoms with Gasteiger partial charge < -0.3 is 14.3 Å². The maximum atomic E-state index is 12.6. The molecule has 0 spiro atoms. The van der Waals surface area contributed by atoms with E-state index in [2.05, 4.69) is 15.4 Å². The van der Waals surface area contributed by atoms with E-state index in [1.807, 2.05) is 42.5 Å². The van der Waals surface area contributed by atoms with Crippen LogP contribution in [0, 0.1) is 0 Å². The maximum absolute atomic E-state index is 12.6. The van der Waals surface area contributed by atoms with Crippen molar-refractivity contribution < 1.29 is 13.7 Å². The lowest BCUT2D eigenvalue weighted by Gasteiger charge is -2.29. The maximum Gasteiger partial charge on any atom is 0.273 e. The van der Waals surface area contributed by atoms with Gasteiger partial charge in [-0.05, 0) is 38.1 Å². The van der Waals surface area contributed by atoms with Crippen molar-refractivity contribution in [1.29, 1.82) is 0 Å². The molecule has 146 valence electrons. The van der Waals surface area contributed by atoms with Gasteiger partial charge in [-0.2, -0.15) is 0 Å². The lowest BCUT2D eigenvalue weighted by molar-refractivity contribution is 0.0918. The third kappa shape index (κ3) is 4.34. The lowest BCUT2D eigenvalue weighted by atomic mass is 10.1. The fraction of sp³-hybridized carbons (Fsp3) is 0.364. The molecule has 0 radical (unpaired) electrons. The molecule has 1 N–H and O–H groups in total. The normalized spacial score (nSPS) is 16.4. The molecule has 2 aromatic heterocycles. The summed E-state index contributed by atoms with van der Waals surface area (Å²) in [6, 6.07) is 15.2. The van der Waals surface area contributed by atoms with Gasteiger partial charge in [0.05, 0.1) is 12.3 Å². The highest BCUT2D eigenvalue weighted by Crippen LogP contribution is 2.24. The van der Waals surface area contributed by atoms with E-state index in [0.717, 1.165) is 24.4 Å². The molecule has 3 heterocycles. The molecule has 6 nitrogen and oxygen atoms in total. The molecule has 1 saturated heterocycles. The van der Waals surface area contributed by atoms with Crippen LogP contribution in [-0.4, -0.2) is 35.6 Å². The Morgan fingerprint density at radius 1 is 1.07 bits per heavy atom. The summed E-state index contributed by atoms with van der Waals surface area (Å²) >= 11 is 0. The first-order chi connectivity index (χ1) is 13.8. The zero-order valence-corrected chi connectivity index (χ0v) is 15.8. The van der Waals surface area contributed by atoms with E-state index in [1.165, 1.54) is 25.7 Å². The number of carbonyl (C=O) groups is 1. The minimum atomic E-state index is -0.239. The fourth-order valence-corrected chi connectivity index (χ4v) is 3.70. The standard InChI is InChI=1S/C22H25N3O3/c26-22(18-15-21(28-24-18)17-9-4-3-5-10-17)23-16-19(20-11-8-14-27-20)25-12-6-1-2-7-13-25/h3-5,8-11,14-15,19H,1-2,6-7,12-13,16H2,(H,23,26). The summed E-state index contributed by atoms with van der Waals surface area (Å²) in [5, 5.41) is 6.94. The number of nitrogens with one attached hydrogen (secondary N) is 1. The minimum absolute atomic E-state index is 0.0255. The summed E-state index contributed by atoms with van der Waals surface area (Å²) in [5.41, 5.74) is 1.18. The Labute approximate surface area is 164 Å². The Hall–Kier alpha value is -2.86. The average Bonchev–Trinajstić information content (AvgIpc) is 3.37. The molecular formula is C22H25N3O3. The Morgan fingerprint density at radius 3 is 2.57 bits per heavy atom. The van der Waals surface area contributed by atoms with Crippen molar-refractivity contribution in [2.75, 3.05) is 19.6 Å². The van der Waals surface area contributed by atoms with Crippen LogP contribution in [0.1, 0.15) is 48.0 Å². The molecular weight excluding hydrogens is 354 g/mol. The van der Waals surface area contributed by atoms with Gasteiger partial charge in [0.2, 0.25) is 0 Å². The molecule has 0 bridgehead atoms. The molecule has 3 aromatic rings. The highest BCUT2D eigenvalue weighted by Gasteiger charge is 2.25. The zero-order valence-electron chi connectivity index (χ0n) is 15.8. The number of hydrogen-bond donors (Lipinski definition) is 1. The predicted octanol–water partition coefficient (Wildman–Crippen LogP) is 4.28. The number of hydrogen-bond acceptors (Lipinski definition) is 5. The minimum Gasteiger partial charge on any atom is -0.468 e. The van der Waals surface area contributed by atoms with Crippen molar-refractivity contribution in [3.8, 4) is 11.3 Å². The third-order valence-corrected chi connectivity index (χ3v) is 5.21. The molecule has 0 saturated carbocycles. The third-order valence-electron chi connectivity index (χ3n) is 5.21. The van der Waals surface area contributed by atoms with Crippen molar-refractivity contribution in [3.63, 3.8) is 0 Å². The van der Waals surface area contributed by atoms with Gasteiger partial charge in [0.25, 0.3) is 5.91 Å². The van der Waals surface area contributed by atoms with Crippen LogP contribution in [0.2, 0.25) is 0 Å². The summed E-state index contributed by atoms with van der Waals surface area (Å²) in [5.74, 6) is 1.23. The number of amides is 1. The second kappa shape index (κ2) is 8.89. The lowest BCUT2D eigenvalue weighted by Crippen LogP contribution is -2.38. The van der Waals surface area contributed by atoms with E-state index >= 15 is 0 Å². The monoisotopic (exact) mass is 379 g/mol. The topological polar surface area (TPSA) is 71.5 Å². The van der Waals surface area contributed by atoms with E-state index in [9.17, 15) is 4.79 Å². The van der Waals surface area contributed by atoms with E-state index in [-0.39, 0.29) is 17.6 Å². The van der Waals surface area contributed by atoms with Gasteiger partial charge in [-0.1, -0.05) is 48.3 Å². The molecule has 1 amide bonds. The van der Waals surface area contributed by atoms with Crippen LogP contribution in [0.4, 0.5) is 0 Å². The largest absolute Gasteiger partial charge is 0.468 e. The van der Waals surface area contributed by atoms with Crippen LogP contribution < -0.4 is 5.32 Å². The Bertz CT molecular complexity index is 866. The quantitative estimate of drug-likeness (QED) is 0.692. The van der Waals surface area contributed by atoms with E-state index in [0.29, 0.717) is 12.3 Å². The van der Waals surface area contributed by atoms with Crippen molar-refractivity contribution in [2.24, 2.45) is 0 Å². The molecule has 1 aliphatic rings. The van der Waals surface area contributed by atoms with Crippen molar-refractivity contribution in [3.05, 3.63) is 66.2 Å². The first-order valence-electron chi connectivity index (χ1n) is 9.89. The molecule has 1 fully saturated rings. The number of carbonyl (C=O) groups excluding carboxylic acids is 1. The van der Waals surface area contributed by atoms with Crippen molar-refractivity contribution in [2.45, 2.75) is 31.7 Å². The Morgan fingerprint density at radius 2 is 1.86 bits per heavy atom. The smallest absolute Gasteiger partial charge is 0.273 e. The zero-order chi connectivity index (χ0) is 19.2. The average molecular weight is 379 g/mol. The van der Waals surface area contributed by atoms with Gasteiger partial charge in [0, 0.05) is 18.2 Å². The van der Waals surface area contributed by atoms with E-state index < -0.39 is 0 Å². The Balaban J connectivity index is 1.43. The van der Waals surface area contributed by atoms with Crippen LogP contribution in [0.3, 0.4) is 0 Å². The summed E-state index contributed by atoms with van der Waals surface area (Å²) in [4.78, 5) is 15.0. The van der Waals surface area contributed by atoms with Gasteiger partial charge in [-0.25, -0.2) is 0 Å². The molecule has 1 unspecified atom stereocenters. The van der Waals surface area contributed by atoms with Gasteiger partial charge in [0.1, 0.15) is 5.76 Å². The predicted molar refractivity (Wildman–Crippen MR) is 106 cm³/mol. The molecule has 28 heavy (non-hydrogen) atoms. The first-order valence-corrected chi connectivity index (χ1v) is 9.89. The SMILES string of the molecule is O=C(NCC(c1ccco1)N1CCCCCC1)c1cc(-c2ccccc2)on1. The van der Waals surface area contributed by atoms with E-state index in [1.54, 1.807) is 12.3 Å². The number of likely N-dealkylation sites (tertiary alicyclic amines) is 1. The van der Waals surface area contributed by atoms with Crippen LogP contribution in [0.25, 0.3) is 11.3 Å². The second-order valence-corrected chi connectivity index (χ2v) is 7.13. The molecule has 4 rings (SSSR count). The number of furan rings is 1. The number of benzene rings is 1. The molecule has 0 aliphatic carbocycles. The van der Waals surface area contributed by atoms with Crippen molar-refractivity contribution >= 4 is 5.91 Å². The molecule has 6 heteroatoms. The number of aromatic nitrogens is 1.